The van der Waals surface area contributed by atoms with Crippen LogP contribution in [0, 0.1) is 11.3 Å². The van der Waals surface area contributed by atoms with Crippen LogP contribution in [0.5, 0.6) is 0 Å². The van der Waals surface area contributed by atoms with E-state index in [4.69, 9.17) is 5.26 Å². The number of amides is 1. The van der Waals surface area contributed by atoms with E-state index in [9.17, 15) is 4.79 Å². The number of benzene rings is 1. The minimum absolute atomic E-state index is 0.0373. The van der Waals surface area contributed by atoms with Crippen LogP contribution in [0.1, 0.15) is 36.0 Å². The summed E-state index contributed by atoms with van der Waals surface area (Å²) in [5.74, 6) is -0.0373. The van der Waals surface area contributed by atoms with Crippen LogP contribution in [-0.4, -0.2) is 23.4 Å². The molecule has 0 heterocycles. The van der Waals surface area contributed by atoms with E-state index < -0.39 is 0 Å². The maximum absolute atomic E-state index is 12.4. The minimum atomic E-state index is -0.0373. The Labute approximate surface area is 116 Å². The van der Waals surface area contributed by atoms with Crippen molar-refractivity contribution in [3.05, 3.63) is 34.3 Å². The molecule has 1 aliphatic carbocycles. The minimum Gasteiger partial charge on any atom is -0.322 e. The maximum atomic E-state index is 12.4. The molecule has 0 bridgehead atoms. The Morgan fingerprint density at radius 3 is 2.78 bits per heavy atom. The number of carbonyl (C=O) groups is 1. The van der Waals surface area contributed by atoms with Crippen molar-refractivity contribution in [3.63, 3.8) is 0 Å². The van der Waals surface area contributed by atoms with Crippen molar-refractivity contribution in [1.82, 2.24) is 4.90 Å². The molecule has 0 spiro atoms. The van der Waals surface area contributed by atoms with E-state index in [1.807, 2.05) is 18.2 Å². The molecule has 0 saturated heterocycles. The summed E-state index contributed by atoms with van der Waals surface area (Å²) < 4.78 is 0.886. The predicted molar refractivity (Wildman–Crippen MR) is 73.0 cm³/mol. The molecule has 1 saturated carbocycles. The molecule has 94 valence electrons. The lowest BCUT2D eigenvalue weighted by atomic mass is 10.1. The number of nitrogens with zero attached hydrogens (tertiary/aromatic N) is 2. The third kappa shape index (κ3) is 2.91. The first-order valence-corrected chi connectivity index (χ1v) is 6.95. The highest BCUT2D eigenvalue weighted by atomic mass is 79.9. The van der Waals surface area contributed by atoms with Gasteiger partial charge in [0.1, 0.15) is 6.54 Å². The van der Waals surface area contributed by atoms with Gasteiger partial charge >= 0.3 is 0 Å². The van der Waals surface area contributed by atoms with Gasteiger partial charge in [-0.1, -0.05) is 34.8 Å². The van der Waals surface area contributed by atoms with Crippen LogP contribution < -0.4 is 0 Å². The van der Waals surface area contributed by atoms with E-state index in [1.54, 1.807) is 11.0 Å². The second kappa shape index (κ2) is 6.01. The van der Waals surface area contributed by atoms with Crippen LogP contribution in [0.2, 0.25) is 0 Å². The second-order valence-corrected chi connectivity index (χ2v) is 5.46. The molecular weight excluding hydrogens is 292 g/mol. The number of rotatable bonds is 3. The van der Waals surface area contributed by atoms with Crippen molar-refractivity contribution in [2.75, 3.05) is 6.54 Å². The van der Waals surface area contributed by atoms with Crippen LogP contribution in [0.25, 0.3) is 0 Å². The molecule has 0 N–H and O–H groups in total. The maximum Gasteiger partial charge on any atom is 0.254 e. The summed E-state index contributed by atoms with van der Waals surface area (Å²) in [6.07, 6.45) is 4.33. The number of carbonyl (C=O) groups excluding carboxylic acids is 1. The first-order chi connectivity index (χ1) is 8.72. The molecule has 0 atom stereocenters. The third-order valence-corrected chi connectivity index (χ3v) is 3.83. The van der Waals surface area contributed by atoms with Crippen molar-refractivity contribution < 1.29 is 4.79 Å². The molecule has 1 amide bonds. The molecule has 1 fully saturated rings. The molecule has 18 heavy (non-hydrogen) atoms. The van der Waals surface area contributed by atoms with Gasteiger partial charge in [0.2, 0.25) is 0 Å². The highest BCUT2D eigenvalue weighted by Crippen LogP contribution is 2.25. The molecule has 3 nitrogen and oxygen atoms in total. The first-order valence-electron chi connectivity index (χ1n) is 6.16. The molecule has 0 aliphatic heterocycles. The van der Waals surface area contributed by atoms with Gasteiger partial charge in [-0.25, -0.2) is 0 Å². The van der Waals surface area contributed by atoms with Crippen molar-refractivity contribution in [2.24, 2.45) is 0 Å². The lowest BCUT2D eigenvalue weighted by Gasteiger charge is -2.26. The zero-order valence-electron chi connectivity index (χ0n) is 10.1. The van der Waals surface area contributed by atoms with Gasteiger partial charge in [0.05, 0.1) is 6.07 Å². The summed E-state index contributed by atoms with van der Waals surface area (Å²) >= 11 is 3.37. The van der Waals surface area contributed by atoms with Crippen LogP contribution in [0.3, 0.4) is 0 Å². The smallest absolute Gasteiger partial charge is 0.254 e. The Balaban J connectivity index is 2.20. The standard InChI is InChI=1S/C14H15BrN2O/c15-12-5-3-4-11(10-12)14(18)17(9-8-16)13-6-1-2-7-13/h3-5,10,13H,1-2,6-7,9H2. The predicted octanol–water partition coefficient (Wildman–Crippen LogP) is 3.36. The quantitative estimate of drug-likeness (QED) is 0.804. The Hall–Kier alpha value is -1.34. The Morgan fingerprint density at radius 1 is 1.44 bits per heavy atom. The normalized spacial score (nSPS) is 15.3. The molecule has 1 aromatic carbocycles. The highest BCUT2D eigenvalue weighted by molar-refractivity contribution is 9.10. The van der Waals surface area contributed by atoms with E-state index in [-0.39, 0.29) is 18.5 Å². The molecule has 1 aliphatic rings. The van der Waals surface area contributed by atoms with Gasteiger partial charge in [-0.15, -0.1) is 0 Å². The summed E-state index contributed by atoms with van der Waals surface area (Å²) in [6.45, 7) is 0.177. The van der Waals surface area contributed by atoms with E-state index in [0.29, 0.717) is 5.56 Å². The van der Waals surface area contributed by atoms with Crippen LogP contribution in [0.15, 0.2) is 28.7 Å². The fraction of sp³-hybridized carbons (Fsp3) is 0.429. The van der Waals surface area contributed by atoms with E-state index in [0.717, 1.165) is 30.2 Å². The van der Waals surface area contributed by atoms with E-state index >= 15 is 0 Å². The molecular formula is C14H15BrN2O. The Bertz CT molecular complexity index is 475. The van der Waals surface area contributed by atoms with Crippen LogP contribution >= 0.6 is 15.9 Å². The topological polar surface area (TPSA) is 44.1 Å². The average Bonchev–Trinajstić information content (AvgIpc) is 2.89. The van der Waals surface area contributed by atoms with Crippen LogP contribution in [0.4, 0.5) is 0 Å². The van der Waals surface area contributed by atoms with Crippen LogP contribution in [-0.2, 0) is 0 Å². The lowest BCUT2D eigenvalue weighted by Crippen LogP contribution is -2.39. The fourth-order valence-corrected chi connectivity index (χ4v) is 2.85. The molecule has 1 aromatic rings. The van der Waals surface area contributed by atoms with Gasteiger partial charge < -0.3 is 4.90 Å². The Kier molecular flexibility index (Phi) is 4.38. The number of hydrogen-bond donors (Lipinski definition) is 0. The lowest BCUT2D eigenvalue weighted by molar-refractivity contribution is 0.0709. The molecule has 2 rings (SSSR count). The highest BCUT2D eigenvalue weighted by Gasteiger charge is 2.27. The average molecular weight is 307 g/mol. The third-order valence-electron chi connectivity index (χ3n) is 3.34. The van der Waals surface area contributed by atoms with Gasteiger partial charge in [0.25, 0.3) is 5.91 Å². The molecule has 0 unspecified atom stereocenters. The van der Waals surface area contributed by atoms with Gasteiger partial charge in [0.15, 0.2) is 0 Å². The second-order valence-electron chi connectivity index (χ2n) is 4.54. The number of hydrogen-bond acceptors (Lipinski definition) is 2. The molecule has 4 heteroatoms. The van der Waals surface area contributed by atoms with E-state index in [1.165, 1.54) is 0 Å². The van der Waals surface area contributed by atoms with Crippen molar-refractivity contribution in [1.29, 1.82) is 5.26 Å². The van der Waals surface area contributed by atoms with Gasteiger partial charge in [-0.05, 0) is 31.0 Å². The zero-order chi connectivity index (χ0) is 13.0. The molecule has 0 radical (unpaired) electrons. The monoisotopic (exact) mass is 306 g/mol. The summed E-state index contributed by atoms with van der Waals surface area (Å²) in [5, 5.41) is 8.89. The fourth-order valence-electron chi connectivity index (χ4n) is 2.45. The summed E-state index contributed by atoms with van der Waals surface area (Å²) in [6, 6.07) is 9.67. The van der Waals surface area contributed by atoms with Crippen molar-refractivity contribution in [2.45, 2.75) is 31.7 Å². The first kappa shape index (κ1) is 13.1. The van der Waals surface area contributed by atoms with Gasteiger partial charge in [0, 0.05) is 16.1 Å². The SMILES string of the molecule is N#CCN(C(=O)c1cccc(Br)c1)C1CCCC1. The van der Waals surface area contributed by atoms with Gasteiger partial charge in [-0.3, -0.25) is 4.79 Å². The number of nitriles is 1. The summed E-state index contributed by atoms with van der Waals surface area (Å²) in [7, 11) is 0. The Morgan fingerprint density at radius 2 is 2.17 bits per heavy atom. The largest absolute Gasteiger partial charge is 0.322 e. The van der Waals surface area contributed by atoms with Crippen molar-refractivity contribution >= 4 is 21.8 Å². The summed E-state index contributed by atoms with van der Waals surface area (Å²) in [5.41, 5.74) is 0.645. The zero-order valence-corrected chi connectivity index (χ0v) is 11.7. The molecule has 0 aromatic heterocycles. The summed E-state index contributed by atoms with van der Waals surface area (Å²) in [4.78, 5) is 14.1. The van der Waals surface area contributed by atoms with E-state index in [2.05, 4.69) is 22.0 Å². The van der Waals surface area contributed by atoms with Crippen molar-refractivity contribution in [3.8, 4) is 6.07 Å². The number of halogens is 1. The van der Waals surface area contributed by atoms with Gasteiger partial charge in [-0.2, -0.15) is 5.26 Å².